The van der Waals surface area contributed by atoms with Gasteiger partial charge in [0.05, 0.1) is 21.1 Å². The van der Waals surface area contributed by atoms with Gasteiger partial charge in [-0.15, -0.1) is 0 Å². The fraction of sp³-hybridized carbons (Fsp3) is 0.667. The number of esters is 1. The number of carbonyl (C=O) groups is 1. The summed E-state index contributed by atoms with van der Waals surface area (Å²) in [4.78, 5) is 10.9. The Kier molecular flexibility index (Phi) is 6.44. The first kappa shape index (κ1) is 14.6. The molecule has 4 heteroatoms. The number of ether oxygens (including phenoxy) is 1. The zero-order chi connectivity index (χ0) is 9.78. The summed E-state index contributed by atoms with van der Waals surface area (Å²) in [6, 6.07) is 0. The highest BCUT2D eigenvalue weighted by Crippen LogP contribution is 1.94. The molecule has 78 valence electrons. The van der Waals surface area contributed by atoms with Crippen LogP contribution in [0.3, 0.4) is 0 Å². The van der Waals surface area contributed by atoms with E-state index < -0.39 is 0 Å². The van der Waals surface area contributed by atoms with Gasteiger partial charge in [-0.05, 0) is 6.92 Å². The summed E-state index contributed by atoms with van der Waals surface area (Å²) in [6.45, 7) is 6.41. The van der Waals surface area contributed by atoms with Crippen LogP contribution in [0, 0.1) is 0 Å². The van der Waals surface area contributed by atoms with Gasteiger partial charge in [0, 0.05) is 5.57 Å². The third-order valence-electron chi connectivity index (χ3n) is 1.34. The molecule has 0 unspecified atom stereocenters. The monoisotopic (exact) mass is 189 g/mol. The minimum absolute atomic E-state index is 0. The van der Waals surface area contributed by atoms with Crippen LogP contribution in [-0.4, -0.2) is 50.2 Å². The zero-order valence-corrected chi connectivity index (χ0v) is 8.83. The average Bonchev–Trinajstić information content (AvgIpc) is 1.84. The Balaban J connectivity index is 0. The summed E-state index contributed by atoms with van der Waals surface area (Å²) >= 11 is 0. The van der Waals surface area contributed by atoms with Crippen LogP contribution in [0.1, 0.15) is 6.92 Å². The molecule has 0 radical (unpaired) electrons. The SMILES string of the molecule is C=C(C)C(=O)OCC[N+](C)(C)C.[OH-]. The largest absolute Gasteiger partial charge is 0.870 e. The maximum Gasteiger partial charge on any atom is 0.333 e. The van der Waals surface area contributed by atoms with Gasteiger partial charge in [0.2, 0.25) is 0 Å². The second-order valence-electron chi connectivity index (χ2n) is 3.93. The van der Waals surface area contributed by atoms with Crippen LogP contribution in [0.4, 0.5) is 0 Å². The highest BCUT2D eigenvalue weighted by Gasteiger charge is 2.09. The molecule has 0 heterocycles. The number of likely N-dealkylation sites (N-methyl/N-ethyl adjacent to an activating group) is 1. The molecule has 0 aliphatic carbocycles. The van der Waals surface area contributed by atoms with Crippen LogP contribution in [0.15, 0.2) is 12.2 Å². The molecular weight excluding hydrogens is 170 g/mol. The maximum absolute atomic E-state index is 10.9. The van der Waals surface area contributed by atoms with E-state index in [2.05, 4.69) is 27.7 Å². The summed E-state index contributed by atoms with van der Waals surface area (Å²) in [7, 11) is 6.15. The van der Waals surface area contributed by atoms with Crippen molar-refractivity contribution in [3.63, 3.8) is 0 Å². The van der Waals surface area contributed by atoms with E-state index >= 15 is 0 Å². The van der Waals surface area contributed by atoms with Gasteiger partial charge in [0.25, 0.3) is 0 Å². The topological polar surface area (TPSA) is 56.3 Å². The van der Waals surface area contributed by atoms with E-state index in [-0.39, 0.29) is 11.4 Å². The van der Waals surface area contributed by atoms with E-state index in [4.69, 9.17) is 4.74 Å². The van der Waals surface area contributed by atoms with Crippen molar-refractivity contribution in [3.8, 4) is 0 Å². The standard InChI is InChI=1S/C9H18NO2.H2O/c1-8(2)9(11)12-7-6-10(3,4)5;/h1,6-7H2,2-5H3;1H2/q+1;/p-1. The van der Waals surface area contributed by atoms with E-state index in [0.717, 1.165) is 11.0 Å². The molecule has 13 heavy (non-hydrogen) atoms. The Morgan fingerprint density at radius 2 is 1.85 bits per heavy atom. The molecule has 0 spiro atoms. The molecule has 4 nitrogen and oxygen atoms in total. The molecule has 0 aliphatic rings. The van der Waals surface area contributed by atoms with Crippen molar-refractivity contribution in [2.24, 2.45) is 0 Å². The second-order valence-corrected chi connectivity index (χ2v) is 3.93. The average molecular weight is 189 g/mol. The minimum Gasteiger partial charge on any atom is -0.870 e. The second kappa shape index (κ2) is 5.72. The van der Waals surface area contributed by atoms with Crippen LogP contribution in [0.25, 0.3) is 0 Å². The summed E-state index contributed by atoms with van der Waals surface area (Å²) in [5, 5.41) is 0. The molecule has 0 aromatic carbocycles. The van der Waals surface area contributed by atoms with E-state index in [0.29, 0.717) is 12.2 Å². The molecule has 1 N–H and O–H groups in total. The predicted octanol–water partition coefficient (Wildman–Crippen LogP) is 0.635. The molecule has 0 bridgehead atoms. The first-order valence-corrected chi connectivity index (χ1v) is 3.96. The third kappa shape index (κ3) is 9.04. The summed E-state index contributed by atoms with van der Waals surface area (Å²) < 4.78 is 5.72. The fourth-order valence-corrected chi connectivity index (χ4v) is 0.535. The highest BCUT2D eigenvalue weighted by atomic mass is 16.5. The Morgan fingerprint density at radius 1 is 1.38 bits per heavy atom. The number of nitrogens with zero attached hydrogens (tertiary/aromatic N) is 1. The lowest BCUT2D eigenvalue weighted by Gasteiger charge is -2.23. The summed E-state index contributed by atoms with van der Waals surface area (Å²) in [5.74, 6) is -0.302. The number of carbonyl (C=O) groups excluding carboxylic acids is 1. The number of quaternary nitrogens is 1. The van der Waals surface area contributed by atoms with Crippen LogP contribution in [-0.2, 0) is 9.53 Å². The van der Waals surface area contributed by atoms with Crippen molar-refractivity contribution in [2.75, 3.05) is 34.3 Å². The lowest BCUT2D eigenvalue weighted by atomic mass is 10.4. The van der Waals surface area contributed by atoms with Crippen molar-refractivity contribution in [3.05, 3.63) is 12.2 Å². The van der Waals surface area contributed by atoms with Gasteiger partial charge in [-0.25, -0.2) is 4.79 Å². The van der Waals surface area contributed by atoms with Crippen LogP contribution >= 0.6 is 0 Å². The van der Waals surface area contributed by atoms with E-state index in [9.17, 15) is 4.79 Å². The Morgan fingerprint density at radius 3 is 2.15 bits per heavy atom. The van der Waals surface area contributed by atoms with Crippen molar-refractivity contribution in [1.82, 2.24) is 0 Å². The van der Waals surface area contributed by atoms with Crippen molar-refractivity contribution in [2.45, 2.75) is 6.92 Å². The van der Waals surface area contributed by atoms with Crippen LogP contribution in [0.2, 0.25) is 0 Å². The van der Waals surface area contributed by atoms with Gasteiger partial charge in [-0.3, -0.25) is 0 Å². The third-order valence-corrected chi connectivity index (χ3v) is 1.34. The molecule has 0 saturated carbocycles. The maximum atomic E-state index is 10.9. The molecule has 0 amide bonds. The predicted molar refractivity (Wildman–Crippen MR) is 50.6 cm³/mol. The lowest BCUT2D eigenvalue weighted by Crippen LogP contribution is -2.38. The number of hydrogen-bond acceptors (Lipinski definition) is 3. The van der Waals surface area contributed by atoms with Gasteiger partial charge in [0.15, 0.2) is 0 Å². The van der Waals surface area contributed by atoms with Crippen LogP contribution in [0.5, 0.6) is 0 Å². The molecule has 0 fully saturated rings. The Bertz CT molecular complexity index is 182. The first-order chi connectivity index (χ1) is 5.33. The number of rotatable bonds is 4. The number of hydrogen-bond donors (Lipinski definition) is 0. The molecule has 0 saturated heterocycles. The molecule has 0 aromatic heterocycles. The molecule has 0 aliphatic heterocycles. The molecule has 0 aromatic rings. The summed E-state index contributed by atoms with van der Waals surface area (Å²) in [5.41, 5.74) is 0.455. The van der Waals surface area contributed by atoms with Gasteiger partial charge in [-0.2, -0.15) is 0 Å². The Labute approximate surface area is 79.7 Å². The van der Waals surface area contributed by atoms with Gasteiger partial charge >= 0.3 is 5.97 Å². The fourth-order valence-electron chi connectivity index (χ4n) is 0.535. The quantitative estimate of drug-likeness (QED) is 0.370. The van der Waals surface area contributed by atoms with E-state index in [1.165, 1.54) is 0 Å². The van der Waals surface area contributed by atoms with Gasteiger partial charge < -0.3 is 14.7 Å². The lowest BCUT2D eigenvalue weighted by molar-refractivity contribution is -0.870. The van der Waals surface area contributed by atoms with Crippen LogP contribution < -0.4 is 0 Å². The summed E-state index contributed by atoms with van der Waals surface area (Å²) in [6.07, 6.45) is 0. The normalized spacial score (nSPS) is 10.2. The van der Waals surface area contributed by atoms with Crippen molar-refractivity contribution < 1.29 is 19.5 Å². The smallest absolute Gasteiger partial charge is 0.333 e. The minimum atomic E-state index is -0.302. The van der Waals surface area contributed by atoms with Crippen molar-refractivity contribution in [1.29, 1.82) is 0 Å². The Hall–Kier alpha value is -0.870. The molecular formula is C9H19NO3. The highest BCUT2D eigenvalue weighted by molar-refractivity contribution is 5.86. The first-order valence-electron chi connectivity index (χ1n) is 3.96. The molecule has 0 rings (SSSR count). The van der Waals surface area contributed by atoms with E-state index in [1.807, 2.05) is 0 Å². The van der Waals surface area contributed by atoms with E-state index in [1.54, 1.807) is 6.92 Å². The zero-order valence-electron chi connectivity index (χ0n) is 8.83. The van der Waals surface area contributed by atoms with Gasteiger partial charge in [0.1, 0.15) is 13.2 Å². The molecule has 0 atom stereocenters. The van der Waals surface area contributed by atoms with Gasteiger partial charge in [-0.1, -0.05) is 6.58 Å². The van der Waals surface area contributed by atoms with Crippen molar-refractivity contribution >= 4 is 5.97 Å².